The smallest absolute Gasteiger partial charge is 0.0318 e. The van der Waals surface area contributed by atoms with E-state index in [4.69, 9.17) is 0 Å². The van der Waals surface area contributed by atoms with Crippen LogP contribution in [0.3, 0.4) is 0 Å². The van der Waals surface area contributed by atoms with E-state index in [1.807, 2.05) is 0 Å². The number of hydrogen-bond acceptors (Lipinski definition) is 0. The van der Waals surface area contributed by atoms with Gasteiger partial charge in [0, 0.05) is 0 Å². The zero-order valence-corrected chi connectivity index (χ0v) is 36.3. The maximum absolute atomic E-state index is 1.70. The van der Waals surface area contributed by atoms with Crippen LogP contribution in [0.4, 0.5) is 0 Å². The molecule has 11 rings (SSSR count). The summed E-state index contributed by atoms with van der Waals surface area (Å²) in [6.45, 7) is 0. The Morgan fingerprint density at radius 1 is 0.145 bits per heavy atom. The summed E-state index contributed by atoms with van der Waals surface area (Å²) in [6.07, 6.45) is 56.6. The van der Waals surface area contributed by atoms with E-state index in [-0.39, 0.29) is 0 Å². The second-order valence-corrected chi connectivity index (χ2v) is 24.7. The van der Waals surface area contributed by atoms with Crippen LogP contribution in [0.25, 0.3) is 0 Å². The molecule has 0 aliphatic heterocycles. The highest BCUT2D eigenvalue weighted by Crippen LogP contribution is 2.67. The highest BCUT2D eigenvalue weighted by molar-refractivity contribution is 5.09. The molecule has 0 bridgehead atoms. The maximum atomic E-state index is 1.70. The van der Waals surface area contributed by atoms with Crippen LogP contribution in [0.15, 0.2) is 0 Å². The van der Waals surface area contributed by atoms with Crippen molar-refractivity contribution in [2.45, 2.75) is 225 Å². The molecular weight excluding hydrogens is 661 g/mol. The molecule has 18 unspecified atom stereocenters. The minimum atomic E-state index is 1.10. The Morgan fingerprint density at radius 3 is 1.25 bits per heavy atom. The van der Waals surface area contributed by atoms with Crippen molar-refractivity contribution in [3.8, 4) is 0 Å². The molecule has 55 heavy (non-hydrogen) atoms. The standard InChI is InChI=1S/C55H90/c1-3-13-36(14-4-1)43-32-44(41-25-23-37-15-7-8-19-40(37)31-41)34-45(33-43)47-27-29-51(50-22-12-11-21-49(47)50)52-30-28-46(38-16-5-2-6-17-38)53-35-42-26-24-39-18-9-10-20-48(39)54(42)55(52)53/h36-55H,1-35H2. The van der Waals surface area contributed by atoms with Gasteiger partial charge in [0.2, 0.25) is 0 Å². The lowest BCUT2D eigenvalue weighted by Crippen LogP contribution is -2.50. The average molecular weight is 751 g/mol. The van der Waals surface area contributed by atoms with Gasteiger partial charge in [0.15, 0.2) is 0 Å². The van der Waals surface area contributed by atoms with Gasteiger partial charge in [0.05, 0.1) is 0 Å². The fraction of sp³-hybridized carbons (Fsp3) is 1.00. The Labute approximate surface area is 341 Å². The summed E-state index contributed by atoms with van der Waals surface area (Å²) < 4.78 is 0. The van der Waals surface area contributed by atoms with Crippen LogP contribution in [0.5, 0.6) is 0 Å². The Hall–Kier alpha value is 0. The molecule has 0 spiro atoms. The third-order valence-corrected chi connectivity index (χ3v) is 22.9. The van der Waals surface area contributed by atoms with Gasteiger partial charge in [-0.05, 0) is 221 Å². The first-order valence-electron chi connectivity index (χ1n) is 27.3. The van der Waals surface area contributed by atoms with Gasteiger partial charge in [-0.15, -0.1) is 0 Å². The van der Waals surface area contributed by atoms with E-state index < -0.39 is 0 Å². The summed E-state index contributed by atoms with van der Waals surface area (Å²) >= 11 is 0. The van der Waals surface area contributed by atoms with Gasteiger partial charge in [-0.25, -0.2) is 0 Å². The Morgan fingerprint density at radius 2 is 0.527 bits per heavy atom. The normalized spacial score (nSPS) is 52.6. The van der Waals surface area contributed by atoms with Crippen molar-refractivity contribution in [2.24, 2.45) is 118 Å². The number of hydrogen-bond donors (Lipinski definition) is 0. The fourth-order valence-electron chi connectivity index (χ4n) is 20.9. The summed E-state index contributed by atoms with van der Waals surface area (Å²) in [6, 6.07) is 0. The van der Waals surface area contributed by atoms with Crippen molar-refractivity contribution in [1.82, 2.24) is 0 Å². The van der Waals surface area contributed by atoms with Gasteiger partial charge in [-0.3, -0.25) is 0 Å². The molecule has 11 aliphatic carbocycles. The summed E-state index contributed by atoms with van der Waals surface area (Å²) in [5.74, 6) is 22.5. The molecule has 18 atom stereocenters. The van der Waals surface area contributed by atoms with E-state index in [0.717, 1.165) is 118 Å². The van der Waals surface area contributed by atoms with Crippen molar-refractivity contribution in [3.05, 3.63) is 0 Å². The van der Waals surface area contributed by atoms with Crippen LogP contribution in [0.1, 0.15) is 225 Å². The molecule has 11 saturated carbocycles. The molecule has 11 fully saturated rings. The average Bonchev–Trinajstić information content (AvgIpc) is 3.67. The molecule has 0 radical (unpaired) electrons. The predicted molar refractivity (Wildman–Crippen MR) is 231 cm³/mol. The van der Waals surface area contributed by atoms with Crippen molar-refractivity contribution >= 4 is 0 Å². The first-order chi connectivity index (χ1) is 27.3. The number of rotatable bonds is 5. The fourth-order valence-corrected chi connectivity index (χ4v) is 20.9. The minimum Gasteiger partial charge on any atom is -0.0533 e. The van der Waals surface area contributed by atoms with E-state index in [1.165, 1.54) is 0 Å². The maximum Gasteiger partial charge on any atom is -0.0318 e. The van der Waals surface area contributed by atoms with Gasteiger partial charge < -0.3 is 0 Å². The monoisotopic (exact) mass is 751 g/mol. The molecule has 0 aromatic carbocycles. The van der Waals surface area contributed by atoms with Crippen LogP contribution in [0, 0.1) is 118 Å². The van der Waals surface area contributed by atoms with Gasteiger partial charge in [0.1, 0.15) is 0 Å². The van der Waals surface area contributed by atoms with Crippen molar-refractivity contribution in [2.75, 3.05) is 0 Å². The van der Waals surface area contributed by atoms with Crippen LogP contribution in [-0.4, -0.2) is 0 Å². The number of fused-ring (bicyclic) bond motifs is 7. The molecule has 0 heteroatoms. The van der Waals surface area contributed by atoms with Crippen LogP contribution >= 0.6 is 0 Å². The third kappa shape index (κ3) is 7.34. The molecule has 0 aromatic heterocycles. The van der Waals surface area contributed by atoms with E-state index in [2.05, 4.69) is 0 Å². The van der Waals surface area contributed by atoms with E-state index in [9.17, 15) is 0 Å². The van der Waals surface area contributed by atoms with Crippen molar-refractivity contribution < 1.29 is 0 Å². The molecule has 310 valence electrons. The molecular formula is C55H90. The zero-order valence-electron chi connectivity index (χ0n) is 36.3. The quantitative estimate of drug-likeness (QED) is 0.262. The Bertz CT molecular complexity index is 1240. The zero-order chi connectivity index (χ0) is 36.3. The van der Waals surface area contributed by atoms with Crippen molar-refractivity contribution in [1.29, 1.82) is 0 Å². The van der Waals surface area contributed by atoms with Crippen LogP contribution in [-0.2, 0) is 0 Å². The van der Waals surface area contributed by atoms with E-state index >= 15 is 0 Å². The summed E-state index contributed by atoms with van der Waals surface area (Å²) in [5.41, 5.74) is 0. The summed E-state index contributed by atoms with van der Waals surface area (Å²) in [5, 5.41) is 0. The van der Waals surface area contributed by atoms with Gasteiger partial charge in [-0.1, -0.05) is 122 Å². The molecule has 0 nitrogen and oxygen atoms in total. The van der Waals surface area contributed by atoms with Gasteiger partial charge in [0.25, 0.3) is 0 Å². The van der Waals surface area contributed by atoms with E-state index in [1.54, 1.807) is 225 Å². The topological polar surface area (TPSA) is 0 Å². The van der Waals surface area contributed by atoms with Crippen LogP contribution < -0.4 is 0 Å². The highest BCUT2D eigenvalue weighted by Gasteiger charge is 2.60. The first-order valence-corrected chi connectivity index (χ1v) is 27.3. The molecule has 11 aliphatic rings. The molecule has 0 saturated heterocycles. The summed E-state index contributed by atoms with van der Waals surface area (Å²) in [7, 11) is 0. The molecule has 0 N–H and O–H groups in total. The second kappa shape index (κ2) is 16.8. The second-order valence-electron chi connectivity index (χ2n) is 24.7. The van der Waals surface area contributed by atoms with Gasteiger partial charge in [-0.2, -0.15) is 0 Å². The lowest BCUT2D eigenvalue weighted by molar-refractivity contribution is -0.0829. The lowest BCUT2D eigenvalue weighted by atomic mass is 9.48. The SMILES string of the molecule is C1CCC(C2CC(C3CCC4CCCCC4C3)CC(C3CCC(C4CCC(C5CCCCC5)C5CC6CCC7CCCCC7C6C54)C4CCCCC34)C2)CC1. The predicted octanol–water partition coefficient (Wildman–Crippen LogP) is 16.1. The van der Waals surface area contributed by atoms with Crippen molar-refractivity contribution in [3.63, 3.8) is 0 Å². The Kier molecular flexibility index (Phi) is 11.6. The Balaban J connectivity index is 0.857. The highest BCUT2D eigenvalue weighted by atomic mass is 14.6. The molecule has 0 aromatic rings. The third-order valence-electron chi connectivity index (χ3n) is 22.9. The first kappa shape index (κ1) is 38.0. The minimum absolute atomic E-state index is 1.10. The molecule has 0 amide bonds. The summed E-state index contributed by atoms with van der Waals surface area (Å²) in [4.78, 5) is 0. The lowest BCUT2D eigenvalue weighted by Gasteiger charge is -2.57. The largest absolute Gasteiger partial charge is 0.0533 e. The van der Waals surface area contributed by atoms with Crippen LogP contribution in [0.2, 0.25) is 0 Å². The van der Waals surface area contributed by atoms with E-state index in [0.29, 0.717) is 0 Å². The van der Waals surface area contributed by atoms with Gasteiger partial charge >= 0.3 is 0 Å². The molecule has 0 heterocycles.